The summed E-state index contributed by atoms with van der Waals surface area (Å²) in [5, 5.41) is 16.0. The lowest BCUT2D eigenvalue weighted by Gasteiger charge is -2.37. The summed E-state index contributed by atoms with van der Waals surface area (Å²) in [4.78, 5) is 93.2. The molecule has 7 aliphatic heterocycles. The zero-order valence-electron chi connectivity index (χ0n) is 49.0. The SMILES string of the molecule is COC(=O)C(NC1CCN(c2nc(-c3ccc(NC(=O)Nc4ccncc4)cc3)nc(N3CC4CCC(C3)O4)n2)CC1)N(C(=O)Nc1ccncc1)c1ccc(-c2nc(N3CCC(NCCN4CCOCC4)CC3)nc(N3CC4CCC(C3)O4)n2)cc1. The molecule has 13 rings (SSSR count). The van der Waals surface area contributed by atoms with Gasteiger partial charge in [-0.1, -0.05) is 0 Å². The van der Waals surface area contributed by atoms with E-state index in [0.29, 0.717) is 116 Å². The van der Waals surface area contributed by atoms with Gasteiger partial charge in [-0.05, 0) is 124 Å². The van der Waals surface area contributed by atoms with E-state index in [1.807, 2.05) is 48.5 Å². The highest BCUT2D eigenvalue weighted by Gasteiger charge is 2.39. The molecule has 7 fully saturated rings. The molecule has 6 aromatic rings. The topological polar surface area (TPSA) is 271 Å². The van der Waals surface area contributed by atoms with Crippen molar-refractivity contribution in [1.82, 2.24) is 55.4 Å². The van der Waals surface area contributed by atoms with Crippen LogP contribution < -0.4 is 51.1 Å². The first-order valence-corrected chi connectivity index (χ1v) is 30.6. The van der Waals surface area contributed by atoms with Crippen molar-refractivity contribution in [3.63, 3.8) is 0 Å². The van der Waals surface area contributed by atoms with E-state index in [2.05, 4.69) is 61.1 Å². The first-order valence-electron chi connectivity index (χ1n) is 30.6. The molecule has 4 amide bonds. The molecule has 0 saturated carbocycles. The second kappa shape index (κ2) is 26.8. The van der Waals surface area contributed by atoms with E-state index >= 15 is 0 Å². The Morgan fingerprint density at radius 3 is 1.48 bits per heavy atom. The molecule has 0 radical (unpaired) electrons. The summed E-state index contributed by atoms with van der Waals surface area (Å²) in [7, 11) is 1.32. The normalized spacial score (nSPS) is 22.0. The molecule has 456 valence electrons. The molecular weight excluding hydrogens is 1110 g/mol. The van der Waals surface area contributed by atoms with Crippen LogP contribution >= 0.6 is 0 Å². The maximum atomic E-state index is 14.8. The van der Waals surface area contributed by atoms with Crippen molar-refractivity contribution in [1.29, 1.82) is 0 Å². The number of rotatable bonds is 18. The van der Waals surface area contributed by atoms with Crippen LogP contribution in [0.1, 0.15) is 51.4 Å². The molecule has 11 heterocycles. The molecule has 5 N–H and O–H groups in total. The van der Waals surface area contributed by atoms with E-state index in [9.17, 15) is 14.4 Å². The first kappa shape index (κ1) is 57.8. The van der Waals surface area contributed by atoms with E-state index in [4.69, 9.17) is 48.9 Å². The number of piperidine rings is 2. The van der Waals surface area contributed by atoms with Crippen molar-refractivity contribution in [2.45, 2.75) is 94.0 Å². The first-order chi connectivity index (χ1) is 42.7. The largest absolute Gasteiger partial charge is 0.466 e. The Morgan fingerprint density at radius 1 is 0.540 bits per heavy atom. The Balaban J connectivity index is 0.728. The number of hydrogen-bond donors (Lipinski definition) is 5. The van der Waals surface area contributed by atoms with Crippen molar-refractivity contribution in [2.24, 2.45) is 0 Å². The number of nitrogens with zero attached hydrogens (tertiary/aromatic N) is 14. The Hall–Kier alpha value is -8.27. The van der Waals surface area contributed by atoms with E-state index in [0.717, 1.165) is 102 Å². The van der Waals surface area contributed by atoms with Gasteiger partial charge >= 0.3 is 18.0 Å². The Bertz CT molecular complexity index is 3280. The van der Waals surface area contributed by atoms with Crippen LogP contribution in [0.5, 0.6) is 0 Å². The van der Waals surface area contributed by atoms with Crippen molar-refractivity contribution in [3.8, 4) is 22.8 Å². The molecule has 4 bridgehead atoms. The number of amides is 4. The van der Waals surface area contributed by atoms with E-state index in [1.165, 1.54) is 12.0 Å². The number of pyridine rings is 2. The zero-order chi connectivity index (χ0) is 59.1. The van der Waals surface area contributed by atoms with Gasteiger partial charge in [-0.2, -0.15) is 29.9 Å². The number of urea groups is 2. The van der Waals surface area contributed by atoms with Gasteiger partial charge in [0, 0.05) is 149 Å². The Morgan fingerprint density at radius 2 is 0.989 bits per heavy atom. The van der Waals surface area contributed by atoms with Crippen LogP contribution in [0.3, 0.4) is 0 Å². The van der Waals surface area contributed by atoms with Crippen LogP contribution in [0.4, 0.5) is 56.1 Å². The van der Waals surface area contributed by atoms with E-state index < -0.39 is 18.2 Å². The third kappa shape index (κ3) is 14.1. The third-order valence-corrected chi connectivity index (χ3v) is 17.4. The molecule has 26 nitrogen and oxygen atoms in total. The number of benzene rings is 2. The van der Waals surface area contributed by atoms with Gasteiger partial charge in [0.2, 0.25) is 23.8 Å². The summed E-state index contributed by atoms with van der Waals surface area (Å²) < 4.78 is 23.4. The smallest absolute Gasteiger partial charge is 0.344 e. The Labute approximate surface area is 505 Å². The Kier molecular flexibility index (Phi) is 17.8. The third-order valence-electron chi connectivity index (χ3n) is 17.4. The number of anilines is 8. The summed E-state index contributed by atoms with van der Waals surface area (Å²) in [6.07, 6.45) is 12.7. The number of methoxy groups -OCH3 is 1. The minimum absolute atomic E-state index is 0.107. The van der Waals surface area contributed by atoms with Gasteiger partial charge in [0.1, 0.15) is 0 Å². The fourth-order valence-corrected chi connectivity index (χ4v) is 12.7. The summed E-state index contributed by atoms with van der Waals surface area (Å²) >= 11 is 0. The van der Waals surface area contributed by atoms with Gasteiger partial charge in [-0.3, -0.25) is 25.1 Å². The van der Waals surface area contributed by atoms with Crippen molar-refractivity contribution < 1.29 is 33.3 Å². The number of morpholine rings is 3. The van der Waals surface area contributed by atoms with Gasteiger partial charge in [-0.25, -0.2) is 14.4 Å². The van der Waals surface area contributed by atoms with Gasteiger partial charge < -0.3 is 59.8 Å². The predicted molar refractivity (Wildman–Crippen MR) is 328 cm³/mol. The number of carbonyl (C=O) groups is 3. The fourth-order valence-electron chi connectivity index (χ4n) is 12.7. The molecule has 87 heavy (non-hydrogen) atoms. The van der Waals surface area contributed by atoms with E-state index in [1.54, 1.807) is 49.1 Å². The van der Waals surface area contributed by atoms with Crippen molar-refractivity contribution >= 4 is 64.6 Å². The monoisotopic (exact) mass is 1190 g/mol. The number of fused-ring (bicyclic) bond motifs is 4. The number of carbonyl (C=O) groups excluding carboxylic acids is 3. The summed E-state index contributed by atoms with van der Waals surface area (Å²) in [5.41, 5.74) is 3.64. The van der Waals surface area contributed by atoms with Gasteiger partial charge in [-0.15, -0.1) is 0 Å². The number of nitrogens with one attached hydrogen (secondary N) is 5. The van der Waals surface area contributed by atoms with Crippen molar-refractivity contribution in [3.05, 3.63) is 97.6 Å². The zero-order valence-corrected chi connectivity index (χ0v) is 49.0. The van der Waals surface area contributed by atoms with Gasteiger partial charge in [0.25, 0.3) is 0 Å². The van der Waals surface area contributed by atoms with Crippen LogP contribution in [0, 0.1) is 0 Å². The minimum Gasteiger partial charge on any atom is -0.466 e. The quantitative estimate of drug-likeness (QED) is 0.0543. The molecule has 5 unspecified atom stereocenters. The fraction of sp³-hybridized carbons (Fsp3) is 0.492. The highest BCUT2D eigenvalue weighted by atomic mass is 16.5. The lowest BCUT2D eigenvalue weighted by Crippen LogP contribution is -2.59. The van der Waals surface area contributed by atoms with Crippen LogP contribution in [0.2, 0.25) is 0 Å². The summed E-state index contributed by atoms with van der Waals surface area (Å²) in [6.45, 7) is 10.9. The molecule has 7 saturated heterocycles. The maximum Gasteiger partial charge on any atom is 0.344 e. The second-order valence-corrected chi connectivity index (χ2v) is 23.2. The van der Waals surface area contributed by atoms with E-state index in [-0.39, 0.29) is 36.5 Å². The number of ether oxygens (including phenoxy) is 4. The standard InChI is InChI=1S/C61H75N19O7/c1-84-55(81)54(65-46-20-29-77(30-21-46)57-69-52(71-58(74-57)78-36-48-10-11-49(37-78)86-48)40-2-6-43(7-3-40)66-60(82)67-44-14-22-62-23-15-44)80(61(83)68-45-16-24-63-25-17-45)47-8-4-41(5-9-47)53-70-56(73-59(72-53)79-38-50-12-13-51(39-79)87-50)76-27-18-42(19-28-76)64-26-31-75-32-34-85-35-33-75/h2-9,14-17,22-25,42,46,48-51,54,64-65H,10-13,18-21,26-39H2,1H3,(H,63,68,83)(H2,62,66,67,82). The van der Waals surface area contributed by atoms with Crippen LogP contribution in [0.25, 0.3) is 22.8 Å². The average molecular weight is 1190 g/mol. The summed E-state index contributed by atoms with van der Waals surface area (Å²) in [5.74, 6) is 2.71. The maximum absolute atomic E-state index is 14.8. The highest BCUT2D eigenvalue weighted by molar-refractivity contribution is 6.05. The minimum atomic E-state index is -1.24. The molecule has 0 spiro atoms. The number of aromatic nitrogens is 8. The highest BCUT2D eigenvalue weighted by Crippen LogP contribution is 2.34. The molecular formula is C61H75N19O7. The molecule has 0 aliphatic carbocycles. The lowest BCUT2D eigenvalue weighted by atomic mass is 10.0. The van der Waals surface area contributed by atoms with Crippen LogP contribution in [-0.4, -0.2) is 204 Å². The molecule has 26 heteroatoms. The average Bonchev–Trinajstić information content (AvgIpc) is 2.76. The van der Waals surface area contributed by atoms with Crippen LogP contribution in [0.15, 0.2) is 97.6 Å². The number of esters is 1. The number of hydrogen-bond acceptors (Lipinski definition) is 22. The molecule has 4 aromatic heterocycles. The molecule has 2 aromatic carbocycles. The van der Waals surface area contributed by atoms with Gasteiger partial charge in [0.15, 0.2) is 17.8 Å². The summed E-state index contributed by atoms with van der Waals surface area (Å²) in [6, 6.07) is 20.8. The van der Waals surface area contributed by atoms with Crippen molar-refractivity contribution in [2.75, 3.05) is 139 Å². The van der Waals surface area contributed by atoms with Crippen LogP contribution in [-0.2, 0) is 23.7 Å². The lowest BCUT2D eigenvalue weighted by molar-refractivity contribution is -0.143. The second-order valence-electron chi connectivity index (χ2n) is 23.2. The molecule has 5 atom stereocenters. The predicted octanol–water partition coefficient (Wildman–Crippen LogP) is 5.25. The van der Waals surface area contributed by atoms with Gasteiger partial charge in [0.05, 0.1) is 44.7 Å². The molecule has 7 aliphatic rings.